The summed E-state index contributed by atoms with van der Waals surface area (Å²) in [6.07, 6.45) is 0.536. The molecule has 0 saturated heterocycles. The number of aromatic carboxylic acids is 1. The normalized spacial score (nSPS) is 11.4. The molecule has 0 atom stereocenters. The van der Waals surface area contributed by atoms with Gasteiger partial charge in [0.2, 0.25) is 0 Å². The predicted molar refractivity (Wildman–Crippen MR) is 75.8 cm³/mol. The van der Waals surface area contributed by atoms with Crippen LogP contribution >= 0.6 is 11.3 Å². The Morgan fingerprint density at radius 3 is 2.70 bits per heavy atom. The molecular weight excluding hydrogens is 298 g/mol. The van der Waals surface area contributed by atoms with E-state index >= 15 is 0 Å². The highest BCUT2D eigenvalue weighted by Gasteiger charge is 2.19. The van der Waals surface area contributed by atoms with Gasteiger partial charge >= 0.3 is 5.97 Å². The highest BCUT2D eigenvalue weighted by molar-refractivity contribution is 7.90. The van der Waals surface area contributed by atoms with Gasteiger partial charge in [-0.2, -0.15) is 0 Å². The van der Waals surface area contributed by atoms with Crippen LogP contribution in [0.4, 0.5) is 0 Å². The van der Waals surface area contributed by atoms with Crippen LogP contribution in [-0.4, -0.2) is 24.5 Å². The van der Waals surface area contributed by atoms with Gasteiger partial charge in [0.25, 0.3) is 0 Å². The van der Waals surface area contributed by atoms with Crippen molar-refractivity contribution in [2.24, 2.45) is 0 Å². The van der Waals surface area contributed by atoms with Crippen molar-refractivity contribution in [1.29, 1.82) is 0 Å². The fourth-order valence-corrected chi connectivity index (χ4v) is 3.79. The smallest absolute Gasteiger partial charge is 0.336 e. The van der Waals surface area contributed by atoms with E-state index in [0.717, 1.165) is 0 Å². The van der Waals surface area contributed by atoms with E-state index in [4.69, 9.17) is 5.11 Å². The highest BCUT2D eigenvalue weighted by atomic mass is 32.2. The molecule has 1 N–H and O–H groups in total. The Bertz CT molecular complexity index is 721. The maximum atomic E-state index is 12.2. The summed E-state index contributed by atoms with van der Waals surface area (Å²) in [6, 6.07) is 4.23. The van der Waals surface area contributed by atoms with Crippen LogP contribution in [0.1, 0.15) is 28.5 Å². The van der Waals surface area contributed by atoms with Crippen LogP contribution in [0, 0.1) is 0 Å². The Kier molecular flexibility index (Phi) is 4.20. The number of hydrogen-bond acceptors (Lipinski definition) is 5. The van der Waals surface area contributed by atoms with Crippen LogP contribution in [0.5, 0.6) is 0 Å². The third kappa shape index (κ3) is 3.05. The fraction of sp³-hybridized carbons (Fsp3) is 0.231. The molecule has 0 aliphatic rings. The van der Waals surface area contributed by atoms with Crippen molar-refractivity contribution in [1.82, 2.24) is 4.98 Å². The van der Waals surface area contributed by atoms with Crippen LogP contribution in [0.3, 0.4) is 0 Å². The first-order valence-corrected chi connectivity index (χ1v) is 8.49. The van der Waals surface area contributed by atoms with Gasteiger partial charge in [0.05, 0.1) is 27.4 Å². The number of benzene rings is 1. The first-order valence-electron chi connectivity index (χ1n) is 5.90. The molecule has 0 fully saturated rings. The molecule has 0 amide bonds. The summed E-state index contributed by atoms with van der Waals surface area (Å²) in [7, 11) is -3.58. The number of rotatable bonds is 5. The summed E-state index contributed by atoms with van der Waals surface area (Å²) in [5.41, 5.74) is 2.68. The summed E-state index contributed by atoms with van der Waals surface area (Å²) >= 11 is 1.32. The molecule has 0 bridgehead atoms. The predicted octanol–water partition coefficient (Wildman–Crippen LogP) is 2.38. The maximum absolute atomic E-state index is 12.2. The zero-order valence-corrected chi connectivity index (χ0v) is 12.4. The lowest BCUT2D eigenvalue weighted by Gasteiger charge is -2.07. The number of carboxylic acid groups (broad SMARTS) is 1. The van der Waals surface area contributed by atoms with Crippen LogP contribution in [0.15, 0.2) is 34.0 Å². The number of sulfone groups is 1. The van der Waals surface area contributed by atoms with Gasteiger partial charge in [0.15, 0.2) is 9.84 Å². The quantitative estimate of drug-likeness (QED) is 0.916. The first-order chi connectivity index (χ1) is 9.44. The second kappa shape index (κ2) is 5.72. The van der Waals surface area contributed by atoms with Crippen LogP contribution in [0.25, 0.3) is 0 Å². The minimum absolute atomic E-state index is 0.0140. The van der Waals surface area contributed by atoms with Gasteiger partial charge < -0.3 is 5.11 Å². The highest BCUT2D eigenvalue weighted by Crippen LogP contribution is 2.21. The fourth-order valence-electron chi connectivity index (χ4n) is 1.84. The zero-order valence-electron chi connectivity index (χ0n) is 10.7. The molecule has 1 heterocycles. The SMILES string of the molecule is CCc1ccc(S(=O)(=O)Cc2cscn2)cc1C(=O)O. The number of aromatic nitrogens is 1. The van der Waals surface area contributed by atoms with E-state index in [9.17, 15) is 13.2 Å². The molecule has 7 heteroatoms. The standard InChI is InChI=1S/C13H13NO4S2/c1-2-9-3-4-11(5-12(9)13(15)16)20(17,18)7-10-6-19-8-14-10/h3-6,8H,2,7H2,1H3,(H,15,16). The van der Waals surface area contributed by atoms with E-state index in [-0.39, 0.29) is 16.2 Å². The minimum Gasteiger partial charge on any atom is -0.478 e. The molecule has 0 aliphatic carbocycles. The first kappa shape index (κ1) is 14.7. The Balaban J connectivity index is 2.42. The molecule has 0 radical (unpaired) electrons. The lowest BCUT2D eigenvalue weighted by atomic mass is 10.1. The number of hydrogen-bond donors (Lipinski definition) is 1. The summed E-state index contributed by atoms with van der Waals surface area (Å²) < 4.78 is 24.5. The van der Waals surface area contributed by atoms with Crippen molar-refractivity contribution in [2.45, 2.75) is 24.0 Å². The van der Waals surface area contributed by atoms with E-state index in [1.54, 1.807) is 17.0 Å². The average Bonchev–Trinajstić information content (AvgIpc) is 2.89. The van der Waals surface area contributed by atoms with E-state index in [2.05, 4.69) is 4.98 Å². The second-order valence-electron chi connectivity index (χ2n) is 4.22. The number of nitrogens with zero attached hydrogens (tertiary/aromatic N) is 1. The van der Waals surface area contributed by atoms with E-state index in [0.29, 0.717) is 17.7 Å². The molecule has 1 aromatic heterocycles. The molecule has 0 spiro atoms. The van der Waals surface area contributed by atoms with Crippen molar-refractivity contribution in [3.8, 4) is 0 Å². The average molecular weight is 311 g/mol. The van der Waals surface area contributed by atoms with Gasteiger partial charge in [-0.3, -0.25) is 0 Å². The minimum atomic E-state index is -3.58. The van der Waals surface area contributed by atoms with Crippen molar-refractivity contribution < 1.29 is 18.3 Å². The third-order valence-electron chi connectivity index (χ3n) is 2.87. The Hall–Kier alpha value is -1.73. The van der Waals surface area contributed by atoms with Gasteiger partial charge in [-0.1, -0.05) is 13.0 Å². The Morgan fingerprint density at radius 1 is 1.40 bits per heavy atom. The van der Waals surface area contributed by atoms with Gasteiger partial charge in [-0.15, -0.1) is 11.3 Å². The molecule has 1 aromatic carbocycles. The van der Waals surface area contributed by atoms with Crippen LogP contribution in [-0.2, 0) is 22.0 Å². The number of carbonyl (C=O) groups is 1. The van der Waals surface area contributed by atoms with E-state index in [1.165, 1.54) is 23.5 Å². The van der Waals surface area contributed by atoms with E-state index in [1.807, 2.05) is 6.92 Å². The largest absolute Gasteiger partial charge is 0.478 e. The Labute approximate surface area is 120 Å². The number of thiazole rings is 1. The molecule has 2 rings (SSSR count). The topological polar surface area (TPSA) is 84.3 Å². The molecule has 0 saturated carbocycles. The summed E-state index contributed by atoms with van der Waals surface area (Å²) in [4.78, 5) is 15.1. The molecule has 5 nitrogen and oxygen atoms in total. The summed E-state index contributed by atoms with van der Waals surface area (Å²) in [5, 5.41) is 10.8. The number of carboxylic acids is 1. The number of aryl methyl sites for hydroxylation is 1. The third-order valence-corrected chi connectivity index (χ3v) is 5.16. The van der Waals surface area contributed by atoms with Crippen molar-refractivity contribution in [3.05, 3.63) is 45.9 Å². The molecule has 20 heavy (non-hydrogen) atoms. The lowest BCUT2D eigenvalue weighted by molar-refractivity contribution is 0.0695. The zero-order chi connectivity index (χ0) is 14.8. The maximum Gasteiger partial charge on any atom is 0.336 e. The van der Waals surface area contributed by atoms with Gasteiger partial charge in [0.1, 0.15) is 0 Å². The summed E-state index contributed by atoms with van der Waals surface area (Å²) in [6.45, 7) is 1.82. The van der Waals surface area contributed by atoms with Crippen LogP contribution in [0.2, 0.25) is 0 Å². The molecule has 0 unspecified atom stereocenters. The Morgan fingerprint density at radius 2 is 2.15 bits per heavy atom. The summed E-state index contributed by atoms with van der Waals surface area (Å²) in [5.74, 6) is -1.34. The molecular formula is C13H13NO4S2. The van der Waals surface area contributed by atoms with Crippen molar-refractivity contribution in [2.75, 3.05) is 0 Å². The van der Waals surface area contributed by atoms with Gasteiger partial charge in [0, 0.05) is 5.38 Å². The van der Waals surface area contributed by atoms with Crippen LogP contribution < -0.4 is 0 Å². The van der Waals surface area contributed by atoms with Gasteiger partial charge in [-0.25, -0.2) is 18.2 Å². The van der Waals surface area contributed by atoms with Gasteiger partial charge in [-0.05, 0) is 24.1 Å². The van der Waals surface area contributed by atoms with Crippen molar-refractivity contribution in [3.63, 3.8) is 0 Å². The second-order valence-corrected chi connectivity index (χ2v) is 6.92. The lowest BCUT2D eigenvalue weighted by Crippen LogP contribution is -2.09. The van der Waals surface area contributed by atoms with Crippen molar-refractivity contribution >= 4 is 27.1 Å². The monoisotopic (exact) mass is 311 g/mol. The molecule has 2 aromatic rings. The molecule has 106 valence electrons. The van der Waals surface area contributed by atoms with E-state index < -0.39 is 15.8 Å². The molecule has 0 aliphatic heterocycles.